The zero-order chi connectivity index (χ0) is 21.0. The molecule has 1 aromatic carbocycles. The Balaban J connectivity index is 1.51. The van der Waals surface area contributed by atoms with Gasteiger partial charge in [0.05, 0.1) is 13.2 Å². The number of anilines is 1. The highest BCUT2D eigenvalue weighted by molar-refractivity contribution is 6.04. The number of benzene rings is 1. The molecule has 2 aliphatic heterocycles. The largest absolute Gasteiger partial charge is 0.503 e. The summed E-state index contributed by atoms with van der Waals surface area (Å²) in [4.78, 5) is 43.9. The molecular weight excluding hydrogens is 392 g/mol. The summed E-state index contributed by atoms with van der Waals surface area (Å²) >= 11 is 0. The van der Waals surface area contributed by atoms with Crippen molar-refractivity contribution >= 4 is 28.9 Å². The lowest BCUT2D eigenvalue weighted by Crippen LogP contribution is -2.57. The van der Waals surface area contributed by atoms with Crippen molar-refractivity contribution in [3.8, 4) is 5.75 Å². The Morgan fingerprint density at radius 3 is 2.90 bits per heavy atom. The number of carbonyl (C=O) groups is 2. The first kappa shape index (κ1) is 18.4. The molecule has 2 N–H and O–H groups in total. The van der Waals surface area contributed by atoms with Crippen LogP contribution in [0.2, 0.25) is 0 Å². The van der Waals surface area contributed by atoms with Gasteiger partial charge in [-0.25, -0.2) is 0 Å². The smallest absolute Gasteiger partial charge is 0.302 e. The third kappa shape index (κ3) is 2.76. The second-order valence-electron chi connectivity index (χ2n) is 7.34. The molecule has 1 saturated heterocycles. The minimum atomic E-state index is -0.938. The van der Waals surface area contributed by atoms with Crippen molar-refractivity contribution in [3.05, 3.63) is 51.9 Å². The third-order valence-electron chi connectivity index (χ3n) is 5.44. The van der Waals surface area contributed by atoms with Crippen LogP contribution in [0.15, 0.2) is 39.7 Å². The molecule has 2 atom stereocenters. The molecule has 0 aliphatic carbocycles. The topological polar surface area (TPSA) is 127 Å². The van der Waals surface area contributed by atoms with E-state index in [9.17, 15) is 19.5 Å². The lowest BCUT2D eigenvalue weighted by atomic mass is 10.1. The van der Waals surface area contributed by atoms with Gasteiger partial charge in [0.25, 0.3) is 11.8 Å². The van der Waals surface area contributed by atoms with E-state index in [4.69, 9.17) is 9.15 Å². The van der Waals surface area contributed by atoms with E-state index in [0.717, 1.165) is 0 Å². The number of para-hydroxylation sites is 2. The normalized spacial score (nSPS) is 20.7. The summed E-state index contributed by atoms with van der Waals surface area (Å²) in [7, 11) is 0. The Labute approximate surface area is 169 Å². The summed E-state index contributed by atoms with van der Waals surface area (Å²) in [5, 5.41) is 12.9. The van der Waals surface area contributed by atoms with Gasteiger partial charge in [-0.3, -0.25) is 19.7 Å². The SMILES string of the molecule is C[C@@H]1CCOC2Cn3cc(C(=O)Nc4nc5ccccc5o4)c(=O)c(O)c3C(=O)N21. The molecule has 0 radical (unpaired) electrons. The molecule has 4 heterocycles. The predicted octanol–water partition coefficient (Wildman–Crippen LogP) is 1.54. The van der Waals surface area contributed by atoms with E-state index in [1.807, 2.05) is 6.92 Å². The molecule has 0 bridgehead atoms. The Morgan fingerprint density at radius 1 is 1.30 bits per heavy atom. The molecule has 2 aliphatic rings. The van der Waals surface area contributed by atoms with Crippen LogP contribution >= 0.6 is 0 Å². The van der Waals surface area contributed by atoms with Gasteiger partial charge in [-0.2, -0.15) is 4.98 Å². The fourth-order valence-corrected chi connectivity index (χ4v) is 3.91. The zero-order valence-corrected chi connectivity index (χ0v) is 16.0. The van der Waals surface area contributed by atoms with Crippen LogP contribution in [0.5, 0.6) is 5.75 Å². The van der Waals surface area contributed by atoms with E-state index in [-0.39, 0.29) is 29.9 Å². The number of ether oxygens (including phenoxy) is 1. The van der Waals surface area contributed by atoms with E-state index < -0.39 is 29.2 Å². The van der Waals surface area contributed by atoms with Gasteiger partial charge in [0.15, 0.2) is 23.3 Å². The summed E-state index contributed by atoms with van der Waals surface area (Å²) in [5.41, 5.74) is -0.387. The van der Waals surface area contributed by atoms with Crippen molar-refractivity contribution in [2.45, 2.75) is 32.2 Å². The number of hydrogen-bond donors (Lipinski definition) is 2. The highest BCUT2D eigenvalue weighted by Crippen LogP contribution is 2.29. The van der Waals surface area contributed by atoms with Crippen LogP contribution in [-0.2, 0) is 11.3 Å². The van der Waals surface area contributed by atoms with Crippen molar-refractivity contribution < 1.29 is 23.8 Å². The first-order chi connectivity index (χ1) is 14.4. The van der Waals surface area contributed by atoms with Crippen molar-refractivity contribution in [2.75, 3.05) is 11.9 Å². The van der Waals surface area contributed by atoms with Crippen molar-refractivity contribution in [3.63, 3.8) is 0 Å². The third-order valence-corrected chi connectivity index (χ3v) is 5.44. The molecule has 1 fully saturated rings. The standard InChI is InChI=1S/C20H18N4O6/c1-10-6-7-29-14-9-23-8-11(16(25)17(26)15(23)19(28)24(10)14)18(27)22-20-21-12-4-2-3-5-13(12)30-20/h2-5,8,10,14,26H,6-7,9H2,1H3,(H,21,22,27)/t10-,14?/m1/s1. The molecule has 3 aromatic rings. The monoisotopic (exact) mass is 410 g/mol. The fourth-order valence-electron chi connectivity index (χ4n) is 3.91. The number of pyridine rings is 1. The highest BCUT2D eigenvalue weighted by atomic mass is 16.5. The Hall–Kier alpha value is -3.66. The molecule has 0 spiro atoms. The second kappa shape index (κ2) is 6.70. The summed E-state index contributed by atoms with van der Waals surface area (Å²) in [5.74, 6) is -2.06. The summed E-state index contributed by atoms with van der Waals surface area (Å²) in [6.45, 7) is 2.59. The summed E-state index contributed by atoms with van der Waals surface area (Å²) < 4.78 is 12.5. The van der Waals surface area contributed by atoms with E-state index in [1.165, 1.54) is 15.7 Å². The van der Waals surface area contributed by atoms with E-state index in [1.54, 1.807) is 24.3 Å². The first-order valence-electron chi connectivity index (χ1n) is 9.51. The Kier molecular flexibility index (Phi) is 4.10. The lowest BCUT2D eigenvalue weighted by Gasteiger charge is -2.44. The number of nitrogens with one attached hydrogen (secondary N) is 1. The van der Waals surface area contributed by atoms with E-state index in [0.29, 0.717) is 24.1 Å². The minimum absolute atomic E-state index is 0.0745. The van der Waals surface area contributed by atoms with Crippen LogP contribution in [-0.4, -0.2) is 50.2 Å². The number of amides is 2. The Bertz CT molecular complexity index is 1210. The number of hydrogen-bond acceptors (Lipinski definition) is 7. The van der Waals surface area contributed by atoms with Gasteiger partial charge in [0.1, 0.15) is 11.1 Å². The van der Waals surface area contributed by atoms with Crippen LogP contribution in [0.25, 0.3) is 11.1 Å². The molecule has 154 valence electrons. The van der Waals surface area contributed by atoms with Gasteiger partial charge >= 0.3 is 6.01 Å². The average molecular weight is 410 g/mol. The van der Waals surface area contributed by atoms with Gasteiger partial charge in [0, 0.05) is 12.2 Å². The number of aromatic hydroxyl groups is 1. The number of nitrogens with zero attached hydrogens (tertiary/aromatic N) is 3. The highest BCUT2D eigenvalue weighted by Gasteiger charge is 2.41. The zero-order valence-electron chi connectivity index (χ0n) is 16.0. The van der Waals surface area contributed by atoms with Gasteiger partial charge < -0.3 is 23.7 Å². The predicted molar refractivity (Wildman–Crippen MR) is 104 cm³/mol. The average Bonchev–Trinajstić information content (AvgIpc) is 3.12. The van der Waals surface area contributed by atoms with E-state index in [2.05, 4.69) is 10.3 Å². The van der Waals surface area contributed by atoms with Gasteiger partial charge in [-0.1, -0.05) is 12.1 Å². The second-order valence-corrected chi connectivity index (χ2v) is 7.34. The first-order valence-corrected chi connectivity index (χ1v) is 9.51. The lowest BCUT2D eigenvalue weighted by molar-refractivity contribution is -0.112. The Morgan fingerprint density at radius 2 is 2.10 bits per heavy atom. The molecule has 30 heavy (non-hydrogen) atoms. The number of oxazole rings is 1. The van der Waals surface area contributed by atoms with Crippen molar-refractivity contribution in [1.29, 1.82) is 0 Å². The van der Waals surface area contributed by atoms with Crippen LogP contribution < -0.4 is 10.7 Å². The number of carbonyl (C=O) groups excluding carboxylic acids is 2. The summed E-state index contributed by atoms with van der Waals surface area (Å²) in [6.07, 6.45) is 1.40. The van der Waals surface area contributed by atoms with Crippen molar-refractivity contribution in [1.82, 2.24) is 14.5 Å². The molecule has 2 aromatic heterocycles. The van der Waals surface area contributed by atoms with Gasteiger partial charge in [0.2, 0.25) is 5.43 Å². The quantitative estimate of drug-likeness (QED) is 0.656. The fraction of sp³-hybridized carbons (Fsp3) is 0.300. The summed E-state index contributed by atoms with van der Waals surface area (Å²) in [6, 6.07) is 6.80. The van der Waals surface area contributed by atoms with Crippen LogP contribution in [0.4, 0.5) is 6.01 Å². The molecule has 10 heteroatoms. The molecular formula is C20H18N4O6. The van der Waals surface area contributed by atoms with Crippen LogP contribution in [0.1, 0.15) is 34.2 Å². The molecule has 10 nitrogen and oxygen atoms in total. The maximum absolute atomic E-state index is 12.9. The van der Waals surface area contributed by atoms with Gasteiger partial charge in [-0.15, -0.1) is 0 Å². The van der Waals surface area contributed by atoms with Crippen molar-refractivity contribution in [2.24, 2.45) is 0 Å². The van der Waals surface area contributed by atoms with Crippen LogP contribution in [0.3, 0.4) is 0 Å². The van der Waals surface area contributed by atoms with Gasteiger partial charge in [-0.05, 0) is 25.5 Å². The number of aromatic nitrogens is 2. The molecule has 1 unspecified atom stereocenters. The number of rotatable bonds is 2. The maximum atomic E-state index is 12.9. The molecule has 5 rings (SSSR count). The minimum Gasteiger partial charge on any atom is -0.503 e. The molecule has 0 saturated carbocycles. The maximum Gasteiger partial charge on any atom is 0.302 e. The number of fused-ring (bicyclic) bond motifs is 3. The molecule has 2 amide bonds. The van der Waals surface area contributed by atoms with Crippen LogP contribution in [0, 0.1) is 0 Å². The van der Waals surface area contributed by atoms with E-state index >= 15 is 0 Å².